The zero-order chi connectivity index (χ0) is 12.5. The minimum atomic E-state index is 0.969. The maximum Gasteiger partial charge on any atom is 0.0205 e. The molecular formula is C15H23NS. The molecule has 0 aliphatic carbocycles. The Morgan fingerprint density at radius 2 is 2.18 bits per heavy atom. The number of thioether (sulfide) groups is 1. The summed E-state index contributed by atoms with van der Waals surface area (Å²) in [4.78, 5) is 1.34. The lowest BCUT2D eigenvalue weighted by atomic mass is 10.2. The summed E-state index contributed by atoms with van der Waals surface area (Å²) < 4.78 is 0. The highest BCUT2D eigenvalue weighted by molar-refractivity contribution is 7.99. The highest BCUT2D eigenvalue weighted by atomic mass is 32.2. The van der Waals surface area contributed by atoms with Gasteiger partial charge in [0.25, 0.3) is 0 Å². The first kappa shape index (κ1) is 14.3. The van der Waals surface area contributed by atoms with Gasteiger partial charge >= 0.3 is 0 Å². The van der Waals surface area contributed by atoms with Crippen LogP contribution >= 0.6 is 11.8 Å². The molecule has 0 saturated heterocycles. The third-order valence-corrected chi connectivity index (χ3v) is 3.74. The van der Waals surface area contributed by atoms with E-state index in [0.29, 0.717) is 0 Å². The average Bonchev–Trinajstić information content (AvgIpc) is 2.37. The molecule has 0 fully saturated rings. The molecule has 0 heterocycles. The Morgan fingerprint density at radius 3 is 2.88 bits per heavy atom. The predicted octanol–water partition coefficient (Wildman–Crippen LogP) is 4.24. The van der Waals surface area contributed by atoms with Crippen LogP contribution in [0.5, 0.6) is 0 Å². The zero-order valence-electron chi connectivity index (χ0n) is 11.0. The van der Waals surface area contributed by atoms with Gasteiger partial charge in [-0.2, -0.15) is 0 Å². The van der Waals surface area contributed by atoms with E-state index in [0.717, 1.165) is 25.3 Å². The molecule has 1 nitrogen and oxygen atoms in total. The molecule has 0 amide bonds. The van der Waals surface area contributed by atoms with E-state index < -0.39 is 0 Å². The van der Waals surface area contributed by atoms with E-state index in [4.69, 9.17) is 0 Å². The number of nitrogens with one attached hydrogen (secondary N) is 1. The van der Waals surface area contributed by atoms with Crippen molar-refractivity contribution >= 4 is 11.8 Å². The van der Waals surface area contributed by atoms with Gasteiger partial charge in [-0.25, -0.2) is 0 Å². The van der Waals surface area contributed by atoms with Crippen LogP contribution in [0.3, 0.4) is 0 Å². The quantitative estimate of drug-likeness (QED) is 0.420. The van der Waals surface area contributed by atoms with Gasteiger partial charge in [0.1, 0.15) is 0 Å². The van der Waals surface area contributed by atoms with Crippen molar-refractivity contribution in [3.05, 3.63) is 42.0 Å². The predicted molar refractivity (Wildman–Crippen MR) is 78.6 cm³/mol. The zero-order valence-corrected chi connectivity index (χ0v) is 11.8. The van der Waals surface area contributed by atoms with Crippen molar-refractivity contribution in [1.29, 1.82) is 0 Å². The van der Waals surface area contributed by atoms with Crippen molar-refractivity contribution in [2.45, 2.75) is 38.1 Å². The van der Waals surface area contributed by atoms with Crippen molar-refractivity contribution in [2.75, 3.05) is 12.3 Å². The van der Waals surface area contributed by atoms with Crippen LogP contribution in [0.2, 0.25) is 0 Å². The largest absolute Gasteiger partial charge is 0.313 e. The molecule has 0 radical (unpaired) electrons. The van der Waals surface area contributed by atoms with Gasteiger partial charge in [0.05, 0.1) is 0 Å². The summed E-state index contributed by atoms with van der Waals surface area (Å²) in [7, 11) is 0. The van der Waals surface area contributed by atoms with E-state index >= 15 is 0 Å². The van der Waals surface area contributed by atoms with E-state index in [-0.39, 0.29) is 0 Å². The molecule has 2 heteroatoms. The third kappa shape index (κ3) is 5.94. The second kappa shape index (κ2) is 8.37. The van der Waals surface area contributed by atoms with Gasteiger partial charge in [0, 0.05) is 17.2 Å². The fourth-order valence-electron chi connectivity index (χ4n) is 1.44. The standard InChI is InChI=1S/C15H23NS/c1-4-9-16-11-14-7-6-8-15(10-14)17-12-13(3)5-2/h6-8,10,16H,3-5,9,11-12H2,1-2H3. The summed E-state index contributed by atoms with van der Waals surface area (Å²) in [5.41, 5.74) is 2.68. The Labute approximate surface area is 110 Å². The summed E-state index contributed by atoms with van der Waals surface area (Å²) in [5.74, 6) is 1.03. The maximum atomic E-state index is 4.04. The fraction of sp³-hybridized carbons (Fsp3) is 0.467. The van der Waals surface area contributed by atoms with Crippen molar-refractivity contribution in [3.8, 4) is 0 Å². The minimum absolute atomic E-state index is 0.969. The average molecular weight is 249 g/mol. The molecular weight excluding hydrogens is 226 g/mol. The highest BCUT2D eigenvalue weighted by Crippen LogP contribution is 2.21. The van der Waals surface area contributed by atoms with E-state index in [1.807, 2.05) is 11.8 Å². The maximum absolute atomic E-state index is 4.04. The summed E-state index contributed by atoms with van der Waals surface area (Å²) in [6.45, 7) is 10.4. The van der Waals surface area contributed by atoms with Crippen LogP contribution in [-0.2, 0) is 6.54 Å². The molecule has 0 spiro atoms. The molecule has 0 atom stereocenters. The molecule has 0 aliphatic heterocycles. The monoisotopic (exact) mass is 249 g/mol. The second-order valence-electron chi connectivity index (χ2n) is 4.22. The number of hydrogen-bond acceptors (Lipinski definition) is 2. The number of hydrogen-bond donors (Lipinski definition) is 1. The molecule has 1 rings (SSSR count). The van der Waals surface area contributed by atoms with E-state index in [1.54, 1.807) is 0 Å². The van der Waals surface area contributed by atoms with Crippen molar-refractivity contribution in [2.24, 2.45) is 0 Å². The number of benzene rings is 1. The van der Waals surface area contributed by atoms with Crippen LogP contribution in [-0.4, -0.2) is 12.3 Å². The van der Waals surface area contributed by atoms with E-state index in [1.165, 1.54) is 22.5 Å². The van der Waals surface area contributed by atoms with Gasteiger partial charge < -0.3 is 5.32 Å². The first-order chi connectivity index (χ1) is 8.26. The molecule has 0 unspecified atom stereocenters. The Hall–Kier alpha value is -0.730. The lowest BCUT2D eigenvalue weighted by Gasteiger charge is -2.07. The van der Waals surface area contributed by atoms with Gasteiger partial charge in [-0.05, 0) is 37.1 Å². The molecule has 1 aromatic rings. The molecule has 0 saturated carbocycles. The lowest BCUT2D eigenvalue weighted by molar-refractivity contribution is 0.674. The Kier molecular flexibility index (Phi) is 7.06. The van der Waals surface area contributed by atoms with Gasteiger partial charge in [-0.1, -0.05) is 38.1 Å². The van der Waals surface area contributed by atoms with Gasteiger partial charge in [0.15, 0.2) is 0 Å². The van der Waals surface area contributed by atoms with E-state index in [9.17, 15) is 0 Å². The highest BCUT2D eigenvalue weighted by Gasteiger charge is 1.98. The van der Waals surface area contributed by atoms with Gasteiger partial charge in [-0.15, -0.1) is 11.8 Å². The van der Waals surface area contributed by atoms with Crippen LogP contribution in [0.15, 0.2) is 41.3 Å². The summed E-state index contributed by atoms with van der Waals surface area (Å²) in [6.07, 6.45) is 2.26. The van der Waals surface area contributed by atoms with Crippen molar-refractivity contribution in [3.63, 3.8) is 0 Å². The SMILES string of the molecule is C=C(CC)CSc1cccc(CNCCC)c1. The Morgan fingerprint density at radius 1 is 1.35 bits per heavy atom. The molecule has 94 valence electrons. The van der Waals surface area contributed by atoms with Gasteiger partial charge in [-0.3, -0.25) is 0 Å². The topological polar surface area (TPSA) is 12.0 Å². The summed E-state index contributed by atoms with van der Waals surface area (Å²) in [6, 6.07) is 8.77. The molecule has 0 bridgehead atoms. The van der Waals surface area contributed by atoms with Crippen molar-refractivity contribution < 1.29 is 0 Å². The first-order valence-corrected chi connectivity index (χ1v) is 7.34. The van der Waals surface area contributed by atoms with Crippen LogP contribution in [0, 0.1) is 0 Å². The van der Waals surface area contributed by atoms with Crippen LogP contribution in [0.25, 0.3) is 0 Å². The fourth-order valence-corrected chi connectivity index (χ4v) is 2.43. The summed E-state index contributed by atoms with van der Waals surface area (Å²) >= 11 is 1.88. The smallest absolute Gasteiger partial charge is 0.0205 e. The van der Waals surface area contributed by atoms with Crippen LogP contribution in [0.1, 0.15) is 32.3 Å². The Balaban J connectivity index is 2.44. The molecule has 0 aromatic heterocycles. The molecule has 1 aromatic carbocycles. The first-order valence-electron chi connectivity index (χ1n) is 6.35. The third-order valence-electron chi connectivity index (χ3n) is 2.60. The molecule has 17 heavy (non-hydrogen) atoms. The molecule has 1 N–H and O–H groups in total. The van der Waals surface area contributed by atoms with E-state index in [2.05, 4.69) is 50.0 Å². The van der Waals surface area contributed by atoms with Crippen LogP contribution < -0.4 is 5.32 Å². The molecule has 0 aliphatic rings. The van der Waals surface area contributed by atoms with Gasteiger partial charge in [0.2, 0.25) is 0 Å². The Bertz CT molecular complexity index is 347. The van der Waals surface area contributed by atoms with Crippen molar-refractivity contribution in [1.82, 2.24) is 5.32 Å². The second-order valence-corrected chi connectivity index (χ2v) is 5.27. The number of rotatable bonds is 8. The van der Waals surface area contributed by atoms with Crippen LogP contribution in [0.4, 0.5) is 0 Å². The minimum Gasteiger partial charge on any atom is -0.313 e. The normalized spacial score (nSPS) is 10.5. The lowest BCUT2D eigenvalue weighted by Crippen LogP contribution is -2.13. The summed E-state index contributed by atoms with van der Waals surface area (Å²) in [5, 5.41) is 3.43.